The van der Waals surface area contributed by atoms with E-state index < -0.39 is 17.7 Å². The summed E-state index contributed by atoms with van der Waals surface area (Å²) in [6.07, 6.45) is 0. The van der Waals surface area contributed by atoms with Crippen molar-refractivity contribution in [2.45, 2.75) is 20.8 Å². The minimum Gasteiger partial charge on any atom is -0.465 e. The Hall–Kier alpha value is -2.63. The van der Waals surface area contributed by atoms with E-state index in [4.69, 9.17) is 4.74 Å². The van der Waals surface area contributed by atoms with Crippen LogP contribution in [0, 0.1) is 26.6 Å². The van der Waals surface area contributed by atoms with E-state index in [0.717, 1.165) is 5.56 Å². The van der Waals surface area contributed by atoms with Gasteiger partial charge in [0.25, 0.3) is 5.91 Å². The van der Waals surface area contributed by atoms with Gasteiger partial charge in [-0.15, -0.1) is 0 Å². The fourth-order valence-corrected chi connectivity index (χ4v) is 2.31. The van der Waals surface area contributed by atoms with Crippen LogP contribution in [0.25, 0.3) is 0 Å². The van der Waals surface area contributed by atoms with E-state index in [0.29, 0.717) is 16.8 Å². The Morgan fingerprint density at radius 1 is 1.23 bits per heavy atom. The molecule has 0 atom stereocenters. The number of nitrogens with one attached hydrogen (secondary N) is 2. The molecule has 0 aliphatic heterocycles. The maximum atomic E-state index is 13.7. The van der Waals surface area contributed by atoms with E-state index in [2.05, 4.69) is 10.3 Å². The lowest BCUT2D eigenvalue weighted by molar-refractivity contribution is 0.0599. The normalized spacial score (nSPS) is 10.4. The molecule has 2 rings (SSSR count). The van der Waals surface area contributed by atoms with Gasteiger partial charge >= 0.3 is 5.97 Å². The van der Waals surface area contributed by atoms with Crippen LogP contribution in [-0.2, 0) is 4.74 Å². The Morgan fingerprint density at radius 3 is 2.55 bits per heavy atom. The molecule has 0 aliphatic carbocycles. The third-order valence-corrected chi connectivity index (χ3v) is 3.42. The van der Waals surface area contributed by atoms with Crippen LogP contribution in [0.1, 0.15) is 37.7 Å². The van der Waals surface area contributed by atoms with Gasteiger partial charge in [0.2, 0.25) is 0 Å². The summed E-state index contributed by atoms with van der Waals surface area (Å²) in [4.78, 5) is 26.9. The highest BCUT2D eigenvalue weighted by atomic mass is 19.1. The molecule has 2 aromatic rings. The molecule has 0 saturated heterocycles. The lowest BCUT2D eigenvalue weighted by atomic mass is 10.1. The van der Waals surface area contributed by atoms with E-state index in [1.165, 1.54) is 13.2 Å². The van der Waals surface area contributed by atoms with Crippen molar-refractivity contribution < 1.29 is 18.7 Å². The summed E-state index contributed by atoms with van der Waals surface area (Å²) < 4.78 is 18.4. The second-order valence-corrected chi connectivity index (χ2v) is 5.05. The molecular formula is C16H17FN2O3. The number of methoxy groups -OCH3 is 1. The first-order valence-electron chi connectivity index (χ1n) is 6.70. The number of carbonyl (C=O) groups is 2. The molecule has 116 valence electrons. The van der Waals surface area contributed by atoms with Gasteiger partial charge in [-0.25, -0.2) is 9.18 Å². The molecule has 1 amide bonds. The summed E-state index contributed by atoms with van der Waals surface area (Å²) in [5.74, 6) is -1.56. The number of amides is 1. The third-order valence-electron chi connectivity index (χ3n) is 3.42. The second kappa shape index (κ2) is 6.01. The molecule has 1 aromatic heterocycles. The molecule has 0 saturated carbocycles. The fourth-order valence-electron chi connectivity index (χ4n) is 2.31. The Kier molecular flexibility index (Phi) is 4.30. The highest BCUT2D eigenvalue weighted by molar-refractivity contribution is 6.06. The average molecular weight is 304 g/mol. The van der Waals surface area contributed by atoms with Crippen molar-refractivity contribution in [3.63, 3.8) is 0 Å². The number of esters is 1. The Bertz CT molecular complexity index is 750. The number of aryl methyl sites for hydroxylation is 2. The number of aromatic nitrogens is 1. The summed E-state index contributed by atoms with van der Waals surface area (Å²) in [7, 11) is 1.27. The SMILES string of the molecule is COC(=O)c1c(C)[nH]c(C(=O)Nc2cc(C)ccc2F)c1C. The third kappa shape index (κ3) is 2.86. The topological polar surface area (TPSA) is 71.2 Å². The zero-order chi connectivity index (χ0) is 16.4. The first kappa shape index (κ1) is 15.8. The maximum Gasteiger partial charge on any atom is 0.339 e. The van der Waals surface area contributed by atoms with Gasteiger partial charge in [0.05, 0.1) is 18.4 Å². The summed E-state index contributed by atoms with van der Waals surface area (Å²) >= 11 is 0. The number of hydrogen-bond donors (Lipinski definition) is 2. The molecule has 6 heteroatoms. The number of rotatable bonds is 3. The molecule has 0 aliphatic rings. The van der Waals surface area contributed by atoms with Gasteiger partial charge in [-0.3, -0.25) is 4.79 Å². The molecule has 5 nitrogen and oxygen atoms in total. The zero-order valence-electron chi connectivity index (χ0n) is 12.8. The van der Waals surface area contributed by atoms with Gasteiger partial charge < -0.3 is 15.0 Å². The van der Waals surface area contributed by atoms with Crippen LogP contribution < -0.4 is 5.32 Å². The quantitative estimate of drug-likeness (QED) is 0.856. The predicted molar refractivity (Wildman–Crippen MR) is 80.7 cm³/mol. The number of carbonyl (C=O) groups excluding carboxylic acids is 2. The minimum atomic E-state index is -0.521. The molecule has 0 unspecified atom stereocenters. The van der Waals surface area contributed by atoms with E-state index in [-0.39, 0.29) is 11.4 Å². The van der Waals surface area contributed by atoms with Crippen molar-refractivity contribution in [1.82, 2.24) is 4.98 Å². The molecule has 0 bridgehead atoms. The number of H-pyrrole nitrogens is 1. The molecular weight excluding hydrogens is 287 g/mol. The number of anilines is 1. The van der Waals surface area contributed by atoms with Crippen molar-refractivity contribution in [1.29, 1.82) is 0 Å². The van der Waals surface area contributed by atoms with Gasteiger partial charge in [0.15, 0.2) is 0 Å². The lowest BCUT2D eigenvalue weighted by Crippen LogP contribution is -2.15. The van der Waals surface area contributed by atoms with Gasteiger partial charge in [0, 0.05) is 5.69 Å². The molecule has 0 radical (unpaired) electrons. The molecule has 0 fully saturated rings. The van der Waals surface area contributed by atoms with Crippen LogP contribution in [0.3, 0.4) is 0 Å². The number of aromatic amines is 1. The largest absolute Gasteiger partial charge is 0.465 e. The summed E-state index contributed by atoms with van der Waals surface area (Å²) in [6, 6.07) is 4.45. The van der Waals surface area contributed by atoms with E-state index in [9.17, 15) is 14.0 Å². The first-order chi connectivity index (χ1) is 10.3. The van der Waals surface area contributed by atoms with Crippen molar-refractivity contribution in [2.24, 2.45) is 0 Å². The maximum absolute atomic E-state index is 13.7. The molecule has 0 spiro atoms. The van der Waals surface area contributed by atoms with Crippen molar-refractivity contribution >= 4 is 17.6 Å². The van der Waals surface area contributed by atoms with Crippen LogP contribution >= 0.6 is 0 Å². The molecule has 2 N–H and O–H groups in total. The first-order valence-corrected chi connectivity index (χ1v) is 6.70. The van der Waals surface area contributed by atoms with Gasteiger partial charge in [-0.2, -0.15) is 0 Å². The van der Waals surface area contributed by atoms with Crippen LogP contribution in [0.2, 0.25) is 0 Å². The van der Waals surface area contributed by atoms with Gasteiger partial charge in [0.1, 0.15) is 11.5 Å². The van der Waals surface area contributed by atoms with Gasteiger partial charge in [-0.05, 0) is 44.0 Å². The fraction of sp³-hybridized carbons (Fsp3) is 0.250. The monoisotopic (exact) mass is 304 g/mol. The van der Waals surface area contributed by atoms with Crippen molar-refractivity contribution in [3.8, 4) is 0 Å². The average Bonchev–Trinajstić information content (AvgIpc) is 2.77. The number of halogens is 1. The Balaban J connectivity index is 2.35. The standard InChI is InChI=1S/C16H17FN2O3/c1-8-5-6-11(17)12(7-8)19-15(20)14-9(2)13(10(3)18-14)16(21)22-4/h5-7,18H,1-4H3,(H,19,20). The number of hydrogen-bond acceptors (Lipinski definition) is 3. The predicted octanol–water partition coefficient (Wildman–Crippen LogP) is 3.12. The van der Waals surface area contributed by atoms with Crippen molar-refractivity contribution in [2.75, 3.05) is 12.4 Å². The van der Waals surface area contributed by atoms with E-state index >= 15 is 0 Å². The smallest absolute Gasteiger partial charge is 0.339 e. The van der Waals surface area contributed by atoms with Crippen LogP contribution in [0.4, 0.5) is 10.1 Å². The summed E-state index contributed by atoms with van der Waals surface area (Å²) in [6.45, 7) is 5.11. The Morgan fingerprint density at radius 2 is 1.91 bits per heavy atom. The van der Waals surface area contributed by atoms with E-state index in [1.807, 2.05) is 0 Å². The van der Waals surface area contributed by atoms with Gasteiger partial charge in [-0.1, -0.05) is 6.07 Å². The highest BCUT2D eigenvalue weighted by Crippen LogP contribution is 2.21. The minimum absolute atomic E-state index is 0.0938. The lowest BCUT2D eigenvalue weighted by Gasteiger charge is -2.07. The second-order valence-electron chi connectivity index (χ2n) is 5.05. The zero-order valence-corrected chi connectivity index (χ0v) is 12.8. The summed E-state index contributed by atoms with van der Waals surface area (Å²) in [5.41, 5.74) is 2.44. The molecule has 22 heavy (non-hydrogen) atoms. The number of ether oxygens (including phenoxy) is 1. The van der Waals surface area contributed by atoms with Crippen LogP contribution in [0.5, 0.6) is 0 Å². The summed E-state index contributed by atoms with van der Waals surface area (Å²) in [5, 5.41) is 2.51. The molecule has 1 heterocycles. The van der Waals surface area contributed by atoms with Crippen LogP contribution in [0.15, 0.2) is 18.2 Å². The molecule has 1 aromatic carbocycles. The highest BCUT2D eigenvalue weighted by Gasteiger charge is 2.22. The van der Waals surface area contributed by atoms with Crippen molar-refractivity contribution in [3.05, 3.63) is 52.1 Å². The van der Waals surface area contributed by atoms with E-state index in [1.54, 1.807) is 32.9 Å². The number of benzene rings is 1. The Labute approximate surface area is 127 Å². The van der Waals surface area contributed by atoms with Crippen LogP contribution in [-0.4, -0.2) is 24.0 Å².